The fraction of sp³-hybridized carbons (Fsp3) is 0.176. The van der Waals surface area contributed by atoms with E-state index in [0.717, 1.165) is 6.42 Å². The average molecular weight is 362 g/mol. The molecule has 7 nitrogen and oxygen atoms in total. The van der Waals surface area contributed by atoms with Gasteiger partial charge in [-0.25, -0.2) is 4.98 Å². The zero-order valence-corrected chi connectivity index (χ0v) is 14.2. The molecule has 8 heteroatoms. The molecule has 0 unspecified atom stereocenters. The number of rotatable bonds is 7. The second-order valence-electron chi connectivity index (χ2n) is 5.00. The number of benzene rings is 1. The molecule has 0 atom stereocenters. The van der Waals surface area contributed by atoms with E-state index in [2.05, 4.69) is 10.3 Å². The van der Waals surface area contributed by atoms with Crippen molar-refractivity contribution in [2.45, 2.75) is 13.3 Å². The molecule has 0 saturated heterocycles. The second kappa shape index (κ2) is 8.79. The van der Waals surface area contributed by atoms with E-state index >= 15 is 0 Å². The van der Waals surface area contributed by atoms with Crippen molar-refractivity contribution in [3.05, 3.63) is 63.4 Å². The van der Waals surface area contributed by atoms with Crippen LogP contribution >= 0.6 is 11.6 Å². The van der Waals surface area contributed by atoms with Gasteiger partial charge in [0.2, 0.25) is 5.91 Å². The number of hydrogen-bond acceptors (Lipinski definition) is 5. The lowest BCUT2D eigenvalue weighted by atomic mass is 10.1. The van der Waals surface area contributed by atoms with Crippen LogP contribution in [0.25, 0.3) is 6.08 Å². The third-order valence-corrected chi connectivity index (χ3v) is 3.39. The highest BCUT2D eigenvalue weighted by Gasteiger charge is 2.15. The first-order chi connectivity index (χ1) is 12.0. The monoisotopic (exact) mass is 361 g/mol. The van der Waals surface area contributed by atoms with Crippen LogP contribution in [0.2, 0.25) is 5.15 Å². The fourth-order valence-corrected chi connectivity index (χ4v) is 2.11. The number of pyridine rings is 1. The zero-order valence-electron chi connectivity index (χ0n) is 13.4. The Morgan fingerprint density at radius 2 is 2.24 bits per heavy atom. The molecule has 0 aliphatic rings. The highest BCUT2D eigenvalue weighted by Crippen LogP contribution is 2.28. The summed E-state index contributed by atoms with van der Waals surface area (Å²) in [7, 11) is 0. The number of amides is 1. The summed E-state index contributed by atoms with van der Waals surface area (Å²) in [5.41, 5.74) is 0.738. The Labute approximate surface area is 149 Å². The molecule has 1 heterocycles. The van der Waals surface area contributed by atoms with Crippen molar-refractivity contribution < 1.29 is 14.5 Å². The van der Waals surface area contributed by atoms with Crippen molar-refractivity contribution >= 4 is 35.0 Å². The van der Waals surface area contributed by atoms with E-state index in [0.29, 0.717) is 17.9 Å². The Morgan fingerprint density at radius 3 is 2.92 bits per heavy atom. The van der Waals surface area contributed by atoms with Gasteiger partial charge in [-0.2, -0.15) is 0 Å². The first kappa shape index (κ1) is 18.4. The number of nitro benzene ring substituents is 1. The van der Waals surface area contributed by atoms with Crippen molar-refractivity contribution in [1.82, 2.24) is 4.98 Å². The maximum atomic E-state index is 11.9. The number of nitro groups is 1. The third kappa shape index (κ3) is 5.29. The van der Waals surface area contributed by atoms with Gasteiger partial charge >= 0.3 is 5.69 Å². The van der Waals surface area contributed by atoms with Crippen LogP contribution in [0.3, 0.4) is 0 Å². The van der Waals surface area contributed by atoms with E-state index in [1.165, 1.54) is 30.5 Å². The maximum absolute atomic E-state index is 11.9. The van der Waals surface area contributed by atoms with Crippen LogP contribution in [-0.4, -0.2) is 22.4 Å². The van der Waals surface area contributed by atoms with Gasteiger partial charge in [-0.1, -0.05) is 24.6 Å². The normalized spacial score (nSPS) is 10.6. The summed E-state index contributed by atoms with van der Waals surface area (Å²) in [5.74, 6) is -0.223. The van der Waals surface area contributed by atoms with Gasteiger partial charge in [0.05, 0.1) is 17.2 Å². The predicted octanol–water partition coefficient (Wildman–Crippen LogP) is 4.08. The quantitative estimate of drug-likeness (QED) is 0.347. The molecule has 0 aliphatic carbocycles. The summed E-state index contributed by atoms with van der Waals surface area (Å²) >= 11 is 5.86. The lowest BCUT2D eigenvalue weighted by Crippen LogP contribution is -2.08. The van der Waals surface area contributed by atoms with Gasteiger partial charge in [0, 0.05) is 18.3 Å². The van der Waals surface area contributed by atoms with Crippen molar-refractivity contribution in [3.63, 3.8) is 0 Å². The molecule has 25 heavy (non-hydrogen) atoms. The van der Waals surface area contributed by atoms with E-state index in [4.69, 9.17) is 16.3 Å². The van der Waals surface area contributed by atoms with Crippen LogP contribution in [0, 0.1) is 10.1 Å². The van der Waals surface area contributed by atoms with Gasteiger partial charge in [-0.05, 0) is 36.3 Å². The third-order valence-electron chi connectivity index (χ3n) is 3.09. The van der Waals surface area contributed by atoms with Gasteiger partial charge < -0.3 is 10.1 Å². The fourth-order valence-electron chi connectivity index (χ4n) is 1.94. The molecule has 2 rings (SSSR count). The molecule has 0 radical (unpaired) electrons. The molecular formula is C17H16ClN3O4. The minimum absolute atomic E-state index is 0.147. The molecule has 2 aromatic rings. The predicted molar refractivity (Wildman–Crippen MR) is 95.8 cm³/mol. The van der Waals surface area contributed by atoms with Crippen molar-refractivity contribution in [2.24, 2.45) is 0 Å². The van der Waals surface area contributed by atoms with Crippen LogP contribution in [0.4, 0.5) is 11.4 Å². The summed E-state index contributed by atoms with van der Waals surface area (Å²) in [6, 6.07) is 7.77. The average Bonchev–Trinajstić information content (AvgIpc) is 2.60. The van der Waals surface area contributed by atoms with Crippen LogP contribution < -0.4 is 10.1 Å². The summed E-state index contributed by atoms with van der Waals surface area (Å²) in [5, 5.41) is 13.9. The van der Waals surface area contributed by atoms with E-state index in [1.807, 2.05) is 6.92 Å². The number of carbonyl (C=O) groups excluding carboxylic acids is 1. The summed E-state index contributed by atoms with van der Waals surface area (Å²) in [6.45, 7) is 2.31. The van der Waals surface area contributed by atoms with Gasteiger partial charge in [-0.3, -0.25) is 14.9 Å². The van der Waals surface area contributed by atoms with E-state index in [9.17, 15) is 14.9 Å². The molecule has 0 bridgehead atoms. The van der Waals surface area contributed by atoms with Gasteiger partial charge in [0.25, 0.3) is 0 Å². The highest BCUT2D eigenvalue weighted by atomic mass is 35.5. The molecule has 1 aromatic carbocycles. The molecular weight excluding hydrogens is 346 g/mol. The Morgan fingerprint density at radius 1 is 1.44 bits per heavy atom. The van der Waals surface area contributed by atoms with Crippen LogP contribution in [0.5, 0.6) is 5.75 Å². The molecule has 0 saturated carbocycles. The lowest BCUT2D eigenvalue weighted by molar-refractivity contribution is -0.385. The Kier molecular flexibility index (Phi) is 6.47. The molecule has 0 fully saturated rings. The van der Waals surface area contributed by atoms with Crippen LogP contribution in [0.1, 0.15) is 18.9 Å². The Hall–Kier alpha value is -2.93. The zero-order chi connectivity index (χ0) is 18.2. The summed E-state index contributed by atoms with van der Waals surface area (Å²) < 4.78 is 5.35. The number of halogens is 1. The molecule has 130 valence electrons. The number of nitrogens with one attached hydrogen (secondary N) is 1. The molecule has 1 amide bonds. The van der Waals surface area contributed by atoms with Gasteiger partial charge in [0.1, 0.15) is 0 Å². The second-order valence-corrected chi connectivity index (χ2v) is 5.36. The largest absolute Gasteiger partial charge is 0.487 e. The summed E-state index contributed by atoms with van der Waals surface area (Å²) in [6.07, 6.45) is 4.98. The van der Waals surface area contributed by atoms with E-state index in [1.54, 1.807) is 18.2 Å². The number of aromatic nitrogens is 1. The number of ether oxygens (including phenoxy) is 1. The van der Waals surface area contributed by atoms with Crippen molar-refractivity contribution in [2.75, 3.05) is 11.9 Å². The van der Waals surface area contributed by atoms with E-state index in [-0.39, 0.29) is 16.6 Å². The highest BCUT2D eigenvalue weighted by molar-refractivity contribution is 6.32. The minimum Gasteiger partial charge on any atom is -0.487 e. The van der Waals surface area contributed by atoms with Gasteiger partial charge in [0.15, 0.2) is 10.9 Å². The first-order valence-corrected chi connectivity index (χ1v) is 7.90. The van der Waals surface area contributed by atoms with Gasteiger partial charge in [-0.15, -0.1) is 0 Å². The Balaban J connectivity index is 2.12. The minimum atomic E-state index is -0.516. The number of anilines is 1. The lowest BCUT2D eigenvalue weighted by Gasteiger charge is -2.06. The SMILES string of the molecule is CCCOc1ccc(/C=C/C(=O)Nc2cccnc2Cl)cc1[N+](=O)[O-]. The van der Waals surface area contributed by atoms with Crippen molar-refractivity contribution in [1.29, 1.82) is 0 Å². The summed E-state index contributed by atoms with van der Waals surface area (Å²) in [4.78, 5) is 26.4. The number of hydrogen-bond donors (Lipinski definition) is 1. The molecule has 1 aromatic heterocycles. The van der Waals surface area contributed by atoms with Crippen molar-refractivity contribution in [3.8, 4) is 5.75 Å². The van der Waals surface area contributed by atoms with Crippen LogP contribution in [-0.2, 0) is 4.79 Å². The first-order valence-electron chi connectivity index (χ1n) is 7.52. The number of carbonyl (C=O) groups is 1. The Bertz CT molecular complexity index is 808. The topological polar surface area (TPSA) is 94.4 Å². The molecule has 0 spiro atoms. The van der Waals surface area contributed by atoms with Crippen LogP contribution in [0.15, 0.2) is 42.6 Å². The molecule has 0 aliphatic heterocycles. The maximum Gasteiger partial charge on any atom is 0.311 e. The standard InChI is InChI=1S/C17H16ClN3O4/c1-2-10-25-15-7-5-12(11-14(15)21(23)24)6-8-16(22)20-13-4-3-9-19-17(13)18/h3-9,11H,2,10H2,1H3,(H,20,22)/b8-6+. The number of nitrogens with zero attached hydrogens (tertiary/aromatic N) is 2. The van der Waals surface area contributed by atoms with E-state index < -0.39 is 10.8 Å². The smallest absolute Gasteiger partial charge is 0.311 e. The molecule has 1 N–H and O–H groups in total.